The van der Waals surface area contributed by atoms with Gasteiger partial charge in [-0.15, -0.1) is 0 Å². The molecule has 0 amide bonds. The summed E-state index contributed by atoms with van der Waals surface area (Å²) in [7, 11) is 0. The molecule has 1 aromatic rings. The molecule has 0 aromatic heterocycles. The summed E-state index contributed by atoms with van der Waals surface area (Å²) in [6.45, 7) is -1.33. The fraction of sp³-hybridized carbons (Fsp3) is 0.400. The van der Waals surface area contributed by atoms with Crippen molar-refractivity contribution in [2.45, 2.75) is 26.0 Å². The highest BCUT2D eigenvalue weighted by atomic mass is 19.3. The zero-order chi connectivity index (χ0) is 11.4. The van der Waals surface area contributed by atoms with Gasteiger partial charge in [0.2, 0.25) is 0 Å². The van der Waals surface area contributed by atoms with Crippen molar-refractivity contribution in [2.75, 3.05) is 0 Å². The molecule has 0 aliphatic carbocycles. The Kier molecular flexibility index (Phi) is 3.96. The summed E-state index contributed by atoms with van der Waals surface area (Å²) in [5.74, 6) is -1.21. The van der Waals surface area contributed by atoms with Gasteiger partial charge in [-0.25, -0.2) is 4.39 Å². The van der Waals surface area contributed by atoms with Crippen LogP contribution in [0.25, 0.3) is 0 Å². The SMILES string of the molecule is CC(N)Cc1cccc(F)c1OC(F)F. The number of para-hydroxylation sites is 1. The number of rotatable bonds is 4. The molecule has 0 heterocycles. The maximum absolute atomic E-state index is 13.2. The molecule has 1 unspecified atom stereocenters. The summed E-state index contributed by atoms with van der Waals surface area (Å²) in [6, 6.07) is 3.78. The average molecular weight is 219 g/mol. The van der Waals surface area contributed by atoms with Crippen LogP contribution in [0.4, 0.5) is 13.2 Å². The van der Waals surface area contributed by atoms with Gasteiger partial charge < -0.3 is 10.5 Å². The third-order valence-electron chi connectivity index (χ3n) is 1.80. The molecule has 1 rings (SSSR count). The van der Waals surface area contributed by atoms with Crippen LogP contribution in [0.5, 0.6) is 5.75 Å². The number of halogens is 3. The molecular formula is C10H12F3NO. The standard InChI is InChI=1S/C10H12F3NO/c1-6(14)5-7-3-2-4-8(11)9(7)15-10(12)13/h2-4,6,10H,5,14H2,1H3. The second-order valence-corrected chi connectivity index (χ2v) is 3.29. The first-order valence-corrected chi connectivity index (χ1v) is 4.48. The van der Waals surface area contributed by atoms with Crippen LogP contribution in [0.2, 0.25) is 0 Å². The molecule has 0 aliphatic rings. The van der Waals surface area contributed by atoms with Crippen molar-refractivity contribution >= 4 is 0 Å². The largest absolute Gasteiger partial charge is 0.431 e. The molecule has 2 N–H and O–H groups in total. The van der Waals surface area contributed by atoms with Crippen molar-refractivity contribution in [1.29, 1.82) is 0 Å². The van der Waals surface area contributed by atoms with Crippen molar-refractivity contribution < 1.29 is 17.9 Å². The number of benzene rings is 1. The van der Waals surface area contributed by atoms with Gasteiger partial charge in [0.15, 0.2) is 11.6 Å². The van der Waals surface area contributed by atoms with E-state index in [1.54, 1.807) is 6.92 Å². The lowest BCUT2D eigenvalue weighted by molar-refractivity contribution is -0.0528. The molecule has 5 heteroatoms. The highest BCUT2D eigenvalue weighted by molar-refractivity contribution is 5.35. The summed E-state index contributed by atoms with van der Waals surface area (Å²) in [6.07, 6.45) is 0.291. The van der Waals surface area contributed by atoms with Crippen LogP contribution < -0.4 is 10.5 Å². The zero-order valence-electron chi connectivity index (χ0n) is 8.21. The number of hydrogen-bond donors (Lipinski definition) is 1. The number of alkyl halides is 2. The molecule has 0 bridgehead atoms. The first kappa shape index (κ1) is 11.8. The first-order chi connectivity index (χ1) is 7.00. The van der Waals surface area contributed by atoms with E-state index in [2.05, 4.69) is 4.74 Å². The molecule has 0 aliphatic heterocycles. The van der Waals surface area contributed by atoms with Gasteiger partial charge in [0, 0.05) is 6.04 Å². The molecule has 1 aromatic carbocycles. The number of ether oxygens (including phenoxy) is 1. The van der Waals surface area contributed by atoms with Gasteiger partial charge in [-0.05, 0) is 25.0 Å². The average Bonchev–Trinajstić information content (AvgIpc) is 2.09. The Balaban J connectivity index is 2.97. The summed E-state index contributed by atoms with van der Waals surface area (Å²) >= 11 is 0. The van der Waals surface area contributed by atoms with Gasteiger partial charge in [-0.3, -0.25) is 0 Å². The minimum Gasteiger partial charge on any atom is -0.431 e. The van der Waals surface area contributed by atoms with Crippen molar-refractivity contribution in [3.05, 3.63) is 29.6 Å². The highest BCUT2D eigenvalue weighted by Crippen LogP contribution is 2.25. The van der Waals surface area contributed by atoms with E-state index in [4.69, 9.17) is 5.73 Å². The van der Waals surface area contributed by atoms with E-state index in [0.29, 0.717) is 12.0 Å². The lowest BCUT2D eigenvalue weighted by atomic mass is 10.1. The van der Waals surface area contributed by atoms with E-state index in [-0.39, 0.29) is 6.04 Å². The van der Waals surface area contributed by atoms with E-state index in [1.807, 2.05) is 0 Å². The van der Waals surface area contributed by atoms with Gasteiger partial charge in [0.1, 0.15) is 0 Å². The predicted octanol–water partition coefficient (Wildman–Crippen LogP) is 2.32. The smallest absolute Gasteiger partial charge is 0.387 e. The third-order valence-corrected chi connectivity index (χ3v) is 1.80. The molecule has 0 spiro atoms. The second-order valence-electron chi connectivity index (χ2n) is 3.29. The minimum atomic E-state index is -3.03. The fourth-order valence-corrected chi connectivity index (χ4v) is 1.28. The van der Waals surface area contributed by atoms with Crippen molar-refractivity contribution in [1.82, 2.24) is 0 Å². The maximum atomic E-state index is 13.2. The predicted molar refractivity (Wildman–Crippen MR) is 50.4 cm³/mol. The van der Waals surface area contributed by atoms with Crippen LogP contribution in [-0.2, 0) is 6.42 Å². The Morgan fingerprint density at radius 3 is 2.60 bits per heavy atom. The lowest BCUT2D eigenvalue weighted by Gasteiger charge is -2.12. The van der Waals surface area contributed by atoms with Crippen molar-refractivity contribution in [3.8, 4) is 5.75 Å². The van der Waals surface area contributed by atoms with Crippen LogP contribution in [0.15, 0.2) is 18.2 Å². The normalized spacial score (nSPS) is 12.9. The Hall–Kier alpha value is -1.23. The van der Waals surface area contributed by atoms with Gasteiger partial charge in [-0.1, -0.05) is 12.1 Å². The Bertz CT molecular complexity index is 328. The van der Waals surface area contributed by atoms with Gasteiger partial charge in [0.25, 0.3) is 0 Å². The summed E-state index contributed by atoms with van der Waals surface area (Å²) < 4.78 is 41.3. The molecule has 1 atom stereocenters. The van der Waals surface area contributed by atoms with Crippen LogP contribution >= 0.6 is 0 Å². The van der Waals surface area contributed by atoms with E-state index in [9.17, 15) is 13.2 Å². The van der Waals surface area contributed by atoms with Crippen LogP contribution in [-0.4, -0.2) is 12.7 Å². The van der Waals surface area contributed by atoms with Gasteiger partial charge in [-0.2, -0.15) is 8.78 Å². The second kappa shape index (κ2) is 5.02. The Morgan fingerprint density at radius 1 is 1.40 bits per heavy atom. The van der Waals surface area contributed by atoms with Crippen molar-refractivity contribution in [2.24, 2.45) is 5.73 Å². The van der Waals surface area contributed by atoms with Crippen molar-refractivity contribution in [3.63, 3.8) is 0 Å². The van der Waals surface area contributed by atoms with Crippen LogP contribution in [0, 0.1) is 5.82 Å². The van der Waals surface area contributed by atoms with E-state index in [0.717, 1.165) is 6.07 Å². The summed E-state index contributed by atoms with van der Waals surface area (Å²) in [5, 5.41) is 0. The fourth-order valence-electron chi connectivity index (χ4n) is 1.28. The van der Waals surface area contributed by atoms with E-state index >= 15 is 0 Å². The molecule has 84 valence electrons. The summed E-state index contributed by atoms with van der Waals surface area (Å²) in [4.78, 5) is 0. The Labute approximate surface area is 85.8 Å². The van der Waals surface area contributed by atoms with Gasteiger partial charge >= 0.3 is 6.61 Å². The monoisotopic (exact) mass is 219 g/mol. The number of hydrogen-bond acceptors (Lipinski definition) is 2. The molecule has 0 saturated heterocycles. The molecule has 15 heavy (non-hydrogen) atoms. The topological polar surface area (TPSA) is 35.2 Å². The molecule has 0 radical (unpaired) electrons. The lowest BCUT2D eigenvalue weighted by Crippen LogP contribution is -2.19. The number of nitrogens with two attached hydrogens (primary N) is 1. The third kappa shape index (κ3) is 3.43. The molecule has 2 nitrogen and oxygen atoms in total. The van der Waals surface area contributed by atoms with Crippen LogP contribution in [0.1, 0.15) is 12.5 Å². The first-order valence-electron chi connectivity index (χ1n) is 4.48. The van der Waals surface area contributed by atoms with E-state index < -0.39 is 18.2 Å². The maximum Gasteiger partial charge on any atom is 0.387 e. The van der Waals surface area contributed by atoms with Crippen LogP contribution in [0.3, 0.4) is 0 Å². The molecule has 0 saturated carbocycles. The Morgan fingerprint density at radius 2 is 2.07 bits per heavy atom. The van der Waals surface area contributed by atoms with Gasteiger partial charge in [0.05, 0.1) is 0 Å². The molecule has 0 fully saturated rings. The minimum absolute atomic E-state index is 0.244. The highest BCUT2D eigenvalue weighted by Gasteiger charge is 2.15. The zero-order valence-corrected chi connectivity index (χ0v) is 8.21. The quantitative estimate of drug-likeness (QED) is 0.843. The molecular weight excluding hydrogens is 207 g/mol. The van der Waals surface area contributed by atoms with E-state index in [1.165, 1.54) is 12.1 Å². The summed E-state index contributed by atoms with van der Waals surface area (Å²) in [5.41, 5.74) is 5.86.